The van der Waals surface area contributed by atoms with Crippen molar-refractivity contribution in [3.8, 4) is 0 Å². The van der Waals surface area contributed by atoms with Crippen molar-refractivity contribution in [3.05, 3.63) is 59.7 Å². The normalized spacial score (nSPS) is 13.2. The second kappa shape index (κ2) is 5.71. The molecule has 0 fully saturated rings. The zero-order valence-corrected chi connectivity index (χ0v) is 11.8. The van der Waals surface area contributed by atoms with Gasteiger partial charge in [0.15, 0.2) is 0 Å². The second-order valence-corrected chi connectivity index (χ2v) is 5.97. The molecule has 0 saturated carbocycles. The van der Waals surface area contributed by atoms with E-state index in [9.17, 15) is 13.0 Å². The number of halogens is 2. The number of benzene rings is 2. The van der Waals surface area contributed by atoms with Crippen LogP contribution in [0.5, 0.6) is 0 Å². The fourth-order valence-electron chi connectivity index (χ4n) is 1.86. The summed E-state index contributed by atoms with van der Waals surface area (Å²) in [4.78, 5) is 0.264. The van der Waals surface area contributed by atoms with Crippen LogP contribution in [-0.4, -0.2) is 9.96 Å². The Kier molecular flexibility index (Phi) is 4.18. The fourth-order valence-corrected chi connectivity index (χ4v) is 3.15. The molecule has 1 unspecified atom stereocenters. The molecular formula is C15H15F2NOS. The van der Waals surface area contributed by atoms with Crippen LogP contribution in [0.1, 0.15) is 11.1 Å². The van der Waals surface area contributed by atoms with Crippen LogP contribution >= 0.6 is 0 Å². The molecule has 1 atom stereocenters. The number of alkyl halides is 2. The minimum absolute atomic E-state index is 0.139. The van der Waals surface area contributed by atoms with E-state index in [1.165, 1.54) is 30.3 Å². The number of aryl methyl sites for hydroxylation is 1. The van der Waals surface area contributed by atoms with Gasteiger partial charge in [0.1, 0.15) is 0 Å². The summed E-state index contributed by atoms with van der Waals surface area (Å²) in [5.41, 5.74) is 6.71. The lowest BCUT2D eigenvalue weighted by Crippen LogP contribution is -2.22. The monoisotopic (exact) mass is 295 g/mol. The lowest BCUT2D eigenvalue weighted by Gasteiger charge is -2.17. The average molecular weight is 295 g/mol. The van der Waals surface area contributed by atoms with Gasteiger partial charge in [-0.05, 0) is 18.6 Å². The lowest BCUT2D eigenvalue weighted by molar-refractivity contribution is 0.0222. The van der Waals surface area contributed by atoms with Crippen molar-refractivity contribution in [2.75, 3.05) is 11.5 Å². The Morgan fingerprint density at radius 1 is 1.10 bits per heavy atom. The van der Waals surface area contributed by atoms with Crippen molar-refractivity contribution in [1.29, 1.82) is 0 Å². The molecule has 0 aliphatic rings. The first-order valence-corrected chi connectivity index (χ1v) is 7.40. The van der Waals surface area contributed by atoms with E-state index in [0.29, 0.717) is 5.69 Å². The minimum atomic E-state index is -3.15. The Bertz CT molecular complexity index is 629. The van der Waals surface area contributed by atoms with Gasteiger partial charge in [0, 0.05) is 5.56 Å². The number of nitrogens with two attached hydrogens (primary N) is 1. The molecule has 2 rings (SSSR count). The summed E-state index contributed by atoms with van der Waals surface area (Å²) in [6, 6.07) is 12.3. The molecule has 2 aromatic rings. The van der Waals surface area contributed by atoms with Crippen molar-refractivity contribution in [2.45, 2.75) is 17.7 Å². The van der Waals surface area contributed by atoms with E-state index in [1.807, 2.05) is 0 Å². The topological polar surface area (TPSA) is 43.1 Å². The summed E-state index contributed by atoms with van der Waals surface area (Å²) < 4.78 is 40.3. The van der Waals surface area contributed by atoms with Gasteiger partial charge in [0.2, 0.25) is 0 Å². The zero-order valence-electron chi connectivity index (χ0n) is 11.0. The molecule has 0 amide bonds. The van der Waals surface area contributed by atoms with Gasteiger partial charge in [-0.1, -0.05) is 42.5 Å². The first-order valence-electron chi connectivity index (χ1n) is 6.08. The summed E-state index contributed by atoms with van der Waals surface area (Å²) in [5, 5.41) is 0. The van der Waals surface area contributed by atoms with Crippen LogP contribution in [0.15, 0.2) is 53.4 Å². The average Bonchev–Trinajstić information content (AvgIpc) is 2.42. The molecule has 106 valence electrons. The summed E-state index contributed by atoms with van der Waals surface area (Å²) in [6.07, 6.45) is 0. The van der Waals surface area contributed by atoms with Gasteiger partial charge < -0.3 is 5.73 Å². The Morgan fingerprint density at radius 2 is 1.75 bits per heavy atom. The maximum absolute atomic E-state index is 14.1. The first-order chi connectivity index (χ1) is 9.42. The van der Waals surface area contributed by atoms with Crippen LogP contribution in [0.3, 0.4) is 0 Å². The molecule has 0 spiro atoms. The maximum atomic E-state index is 14.1. The molecule has 5 heteroatoms. The fraction of sp³-hybridized carbons (Fsp3) is 0.200. The molecule has 2 N–H and O–H groups in total. The molecule has 0 bridgehead atoms. The van der Waals surface area contributed by atoms with E-state index in [4.69, 9.17) is 5.73 Å². The first kappa shape index (κ1) is 14.7. The minimum Gasteiger partial charge on any atom is -0.398 e. The number of hydrogen-bond acceptors (Lipinski definition) is 2. The quantitative estimate of drug-likeness (QED) is 0.878. The van der Waals surface area contributed by atoms with Gasteiger partial charge in [-0.3, -0.25) is 4.21 Å². The van der Waals surface area contributed by atoms with Crippen molar-refractivity contribution in [1.82, 2.24) is 0 Å². The third-order valence-corrected chi connectivity index (χ3v) is 4.51. The summed E-state index contributed by atoms with van der Waals surface area (Å²) in [6.45, 7) is 1.76. The number of anilines is 1. The molecule has 2 aromatic carbocycles. The zero-order chi connectivity index (χ0) is 14.8. The highest BCUT2D eigenvalue weighted by atomic mass is 32.2. The van der Waals surface area contributed by atoms with Crippen LogP contribution in [0.4, 0.5) is 14.5 Å². The Balaban J connectivity index is 2.25. The number of hydrogen-bond donors (Lipinski definition) is 1. The standard InChI is InChI=1S/C15H15F2NOS/c1-11-6-5-9-13(14(11)18)20(19)10-15(16,17)12-7-3-2-4-8-12/h2-9H,10,18H2,1H3. The van der Waals surface area contributed by atoms with E-state index < -0.39 is 22.5 Å². The molecule has 0 radical (unpaired) electrons. The molecule has 0 saturated heterocycles. The molecular weight excluding hydrogens is 280 g/mol. The van der Waals surface area contributed by atoms with Crippen LogP contribution in [-0.2, 0) is 16.7 Å². The predicted octanol–water partition coefficient (Wildman–Crippen LogP) is 3.48. The second-order valence-electron chi connectivity index (χ2n) is 4.55. The van der Waals surface area contributed by atoms with Crippen molar-refractivity contribution < 1.29 is 13.0 Å². The molecule has 0 aliphatic heterocycles. The molecule has 0 heterocycles. The Labute approximate surface area is 119 Å². The highest BCUT2D eigenvalue weighted by Gasteiger charge is 2.34. The summed E-state index contributed by atoms with van der Waals surface area (Å²) in [7, 11) is -1.85. The smallest absolute Gasteiger partial charge is 0.284 e. The van der Waals surface area contributed by atoms with Gasteiger partial charge in [-0.2, -0.15) is 0 Å². The van der Waals surface area contributed by atoms with Gasteiger partial charge in [0.05, 0.1) is 27.1 Å². The summed E-state index contributed by atoms with van der Waals surface area (Å²) >= 11 is 0. The number of rotatable bonds is 4. The molecule has 20 heavy (non-hydrogen) atoms. The van der Waals surface area contributed by atoms with E-state index in [1.54, 1.807) is 25.1 Å². The largest absolute Gasteiger partial charge is 0.398 e. The maximum Gasteiger partial charge on any atom is 0.284 e. The van der Waals surface area contributed by atoms with Crippen molar-refractivity contribution in [2.24, 2.45) is 0 Å². The van der Waals surface area contributed by atoms with E-state index >= 15 is 0 Å². The van der Waals surface area contributed by atoms with Crippen LogP contribution in [0.25, 0.3) is 0 Å². The van der Waals surface area contributed by atoms with Crippen LogP contribution in [0.2, 0.25) is 0 Å². The van der Waals surface area contributed by atoms with E-state index in [2.05, 4.69) is 0 Å². The lowest BCUT2D eigenvalue weighted by atomic mass is 10.1. The van der Waals surface area contributed by atoms with Gasteiger partial charge >= 0.3 is 0 Å². The third-order valence-electron chi connectivity index (χ3n) is 3.04. The van der Waals surface area contributed by atoms with Gasteiger partial charge in [-0.25, -0.2) is 8.78 Å². The van der Waals surface area contributed by atoms with Crippen molar-refractivity contribution >= 4 is 16.5 Å². The SMILES string of the molecule is Cc1cccc(S(=O)CC(F)(F)c2ccccc2)c1N. The number of para-hydroxylation sites is 1. The third kappa shape index (κ3) is 3.04. The van der Waals surface area contributed by atoms with Crippen molar-refractivity contribution in [3.63, 3.8) is 0 Å². The Hall–Kier alpha value is -1.75. The molecule has 0 aromatic heterocycles. The van der Waals surface area contributed by atoms with E-state index in [0.717, 1.165) is 5.56 Å². The highest BCUT2D eigenvalue weighted by Crippen LogP contribution is 2.31. The van der Waals surface area contributed by atoms with Crippen LogP contribution < -0.4 is 5.73 Å². The summed E-state index contributed by atoms with van der Waals surface area (Å²) in [5.74, 6) is -3.92. The van der Waals surface area contributed by atoms with Crippen LogP contribution in [0, 0.1) is 6.92 Å². The van der Waals surface area contributed by atoms with E-state index in [-0.39, 0.29) is 10.5 Å². The highest BCUT2D eigenvalue weighted by molar-refractivity contribution is 7.85. The molecule has 2 nitrogen and oxygen atoms in total. The van der Waals surface area contributed by atoms with Gasteiger partial charge in [0.25, 0.3) is 5.92 Å². The Morgan fingerprint density at radius 3 is 2.40 bits per heavy atom. The molecule has 0 aliphatic carbocycles. The van der Waals surface area contributed by atoms with Gasteiger partial charge in [-0.15, -0.1) is 0 Å². The number of nitrogen functional groups attached to an aromatic ring is 1. The predicted molar refractivity (Wildman–Crippen MR) is 77.2 cm³/mol.